The third kappa shape index (κ3) is 14.7. The van der Waals surface area contributed by atoms with Crippen LogP contribution in [0, 0.1) is 158 Å². The van der Waals surface area contributed by atoms with Crippen LogP contribution in [0.2, 0.25) is 0 Å². The SMILES string of the molecule is Cc1cccc(C)c1NC1C(Nc2c(C)cccc2C)C(Nc2c(C)cccc2C)C2C3NC(NC4NC(NC5NC(NC6NC(N3)C3C(Nc7c(C)cccc7C)C(Nc7c(C)cccc7C)C(Nc7c(C)cccc7C)C(Nc7c(C)cccc7C)C63)C3C(F)C(F)C(F)C(F)C53)C3C(F)C(F)C(F)C(F)C43)C2C1Nc1c(C)cccc1C. The lowest BCUT2D eigenvalue weighted by atomic mass is 9.65. The van der Waals surface area contributed by atoms with E-state index in [2.05, 4.69) is 329 Å². The molecule has 5 saturated heterocycles. The summed E-state index contributed by atoms with van der Waals surface area (Å²) in [7, 11) is 0. The minimum absolute atomic E-state index is 0.580. The number of aryl methyl sites for hydroxylation is 16. The molecule has 4 aliphatic carbocycles. The second-order valence-corrected chi connectivity index (χ2v) is 36.8. The van der Waals surface area contributed by atoms with Crippen molar-refractivity contribution < 1.29 is 35.1 Å². The summed E-state index contributed by atoms with van der Waals surface area (Å²) in [5, 5.41) is 65.7. The van der Waals surface area contributed by atoms with Crippen molar-refractivity contribution in [2.45, 2.75) is 258 Å². The monoisotopic (exact) mass is 1650 g/mol. The highest BCUT2D eigenvalue weighted by Gasteiger charge is 2.69. The van der Waals surface area contributed by atoms with Crippen LogP contribution in [-0.4, -0.2) is 147 Å². The summed E-state index contributed by atoms with van der Waals surface area (Å²) in [5.41, 5.74) is 23.2. The van der Waals surface area contributed by atoms with Crippen molar-refractivity contribution in [1.82, 2.24) is 42.5 Å². The van der Waals surface area contributed by atoms with Gasteiger partial charge in [-0.25, -0.2) is 35.1 Å². The van der Waals surface area contributed by atoms with Crippen LogP contribution in [0.4, 0.5) is 80.6 Å². The summed E-state index contributed by atoms with van der Waals surface area (Å²) in [6.07, 6.45) is -31.5. The van der Waals surface area contributed by atoms with Gasteiger partial charge in [-0.15, -0.1) is 0 Å². The van der Waals surface area contributed by atoms with Crippen LogP contribution in [0.5, 0.6) is 0 Å². The van der Waals surface area contributed by atoms with Gasteiger partial charge in [0.25, 0.3) is 0 Å². The van der Waals surface area contributed by atoms with Crippen LogP contribution in [-0.2, 0) is 0 Å². The van der Waals surface area contributed by atoms with Crippen molar-refractivity contribution in [2.75, 3.05) is 42.5 Å². The summed E-state index contributed by atoms with van der Waals surface area (Å²) in [6, 6.07) is 45.2. The molecule has 0 radical (unpaired) electrons. The first-order chi connectivity index (χ1) is 57.5. The number of para-hydroxylation sites is 8. The van der Waals surface area contributed by atoms with Gasteiger partial charge in [0, 0.05) is 92.8 Å². The molecule has 8 aromatic carbocycles. The molecule has 8 aromatic rings. The van der Waals surface area contributed by atoms with E-state index < -0.39 is 194 Å². The van der Waals surface area contributed by atoms with E-state index in [0.29, 0.717) is 0 Å². The highest BCUT2D eigenvalue weighted by atomic mass is 19.2. The van der Waals surface area contributed by atoms with E-state index in [-0.39, 0.29) is 0 Å². The molecule has 32 unspecified atom stereocenters. The molecule has 5 aliphatic heterocycles. The van der Waals surface area contributed by atoms with Gasteiger partial charge in [-0.3, -0.25) is 42.5 Å². The third-order valence-electron chi connectivity index (χ3n) is 29.3. The molecule has 32 atom stereocenters. The van der Waals surface area contributed by atoms with Crippen molar-refractivity contribution >= 4 is 45.5 Å². The minimum Gasteiger partial charge on any atom is -0.379 e. The normalized spacial score (nSPS) is 36.7. The molecule has 8 bridgehead atoms. The number of anilines is 8. The zero-order chi connectivity index (χ0) is 84.6. The smallest absolute Gasteiger partial charge is 0.165 e. The number of nitrogens with one attached hydrogen (secondary N) is 16. The number of hydrogen-bond donors (Lipinski definition) is 16. The molecule has 120 heavy (non-hydrogen) atoms. The van der Waals surface area contributed by atoms with Gasteiger partial charge >= 0.3 is 0 Å². The minimum atomic E-state index is -2.92. The molecule has 0 aromatic heterocycles. The maximum Gasteiger partial charge on any atom is 0.165 e. The second kappa shape index (κ2) is 33.2. The van der Waals surface area contributed by atoms with E-state index in [1.807, 2.05) is 12.1 Å². The molecule has 9 fully saturated rings. The standard InChI is InChI=1S/C96H120F8N16/c1-41-25-17-26-42(2)73(41)105-81-61-63(83(107-75-45(5)29-19-30-46(75)6)87(111-79-53(13)37-23-38-54(79)14)85(81)109-77-49(9)33-21-34-50(77)10)95-118-93(61)116-91-59-57(65(97)69(101)71(103)67(59)99)89(114-91)113-90-58-60(68(100)72(104)70(102)66(58)98)92(115-90)117-94-62-64(96(119-94)120-95)84(108-76-47(7)31-20-32-48(76)8)88(112-80-55(15)39-24-40-56(80)16)86(110-78-51(11)35-22-36-52(78)12)82(62)106-74-43(3)27-18-28-44(74)4/h17-40,57-72,81-96,105-120H,1-16H3. The molecule has 0 amide bonds. The molecule has 16 N–H and O–H groups in total. The Bertz CT molecular complexity index is 4630. The van der Waals surface area contributed by atoms with Crippen molar-refractivity contribution in [3.05, 3.63) is 235 Å². The first kappa shape index (κ1) is 83.5. The summed E-state index contributed by atoms with van der Waals surface area (Å²) in [4.78, 5) is 0. The summed E-state index contributed by atoms with van der Waals surface area (Å²) in [5.74, 6) is -9.23. The van der Waals surface area contributed by atoms with Crippen molar-refractivity contribution in [1.29, 1.82) is 0 Å². The first-order valence-electron chi connectivity index (χ1n) is 43.3. The fraction of sp³-hybridized carbons (Fsp3) is 0.500. The largest absolute Gasteiger partial charge is 0.379 e. The fourth-order valence-corrected chi connectivity index (χ4v) is 23.4. The zero-order valence-corrected chi connectivity index (χ0v) is 71.4. The average Bonchev–Trinajstić information content (AvgIpc) is 1.53. The van der Waals surface area contributed by atoms with Gasteiger partial charge in [-0.1, -0.05) is 146 Å². The van der Waals surface area contributed by atoms with E-state index in [0.717, 1.165) is 135 Å². The Kier molecular flexibility index (Phi) is 23.1. The predicted octanol–water partition coefficient (Wildman–Crippen LogP) is 15.8. The molecule has 24 heteroatoms. The van der Waals surface area contributed by atoms with E-state index in [9.17, 15) is 0 Å². The highest BCUT2D eigenvalue weighted by molar-refractivity contribution is 5.69. The maximum absolute atomic E-state index is 18.1. The van der Waals surface area contributed by atoms with Gasteiger partial charge in [-0.2, -0.15) is 0 Å². The predicted molar refractivity (Wildman–Crippen MR) is 469 cm³/mol. The van der Waals surface area contributed by atoms with Gasteiger partial charge in [0.05, 0.1) is 97.7 Å². The summed E-state index contributed by atoms with van der Waals surface area (Å²) >= 11 is 0. The Labute approximate surface area is 701 Å². The number of alkyl halides is 8. The fourth-order valence-electron chi connectivity index (χ4n) is 23.4. The average molecular weight is 1650 g/mol. The molecule has 0 spiro atoms. The Hall–Kier alpha value is -8.72. The molecule has 4 saturated carbocycles. The van der Waals surface area contributed by atoms with Gasteiger partial charge in [0.15, 0.2) is 24.7 Å². The van der Waals surface area contributed by atoms with E-state index in [4.69, 9.17) is 0 Å². The zero-order valence-electron chi connectivity index (χ0n) is 71.4. The highest BCUT2D eigenvalue weighted by Crippen LogP contribution is 2.54. The Balaban J connectivity index is 0.956. The number of fused-ring (bicyclic) bond motifs is 20. The van der Waals surface area contributed by atoms with E-state index >= 15 is 35.1 Å². The Morgan fingerprint density at radius 3 is 0.392 bits per heavy atom. The molecule has 9 aliphatic rings. The lowest BCUT2D eigenvalue weighted by Gasteiger charge is -2.54. The van der Waals surface area contributed by atoms with E-state index in [1.54, 1.807) is 0 Å². The lowest BCUT2D eigenvalue weighted by Crippen LogP contribution is -2.72. The van der Waals surface area contributed by atoms with Crippen molar-refractivity contribution in [2.24, 2.45) is 47.3 Å². The molecular weight excluding hydrogens is 1530 g/mol. The van der Waals surface area contributed by atoms with Crippen LogP contribution in [0.15, 0.2) is 146 Å². The molecular formula is C96H120F8N16. The number of halogens is 8. The topological polar surface area (TPSA) is 192 Å². The first-order valence-corrected chi connectivity index (χ1v) is 43.3. The Morgan fingerprint density at radius 2 is 0.267 bits per heavy atom. The van der Waals surface area contributed by atoms with Gasteiger partial charge in [0.2, 0.25) is 0 Å². The number of rotatable bonds is 16. The van der Waals surface area contributed by atoms with Crippen LogP contribution in [0.25, 0.3) is 0 Å². The Morgan fingerprint density at radius 1 is 0.158 bits per heavy atom. The third-order valence-corrected chi connectivity index (χ3v) is 29.3. The van der Waals surface area contributed by atoms with Gasteiger partial charge in [0.1, 0.15) is 24.7 Å². The van der Waals surface area contributed by atoms with E-state index in [1.165, 1.54) is 0 Å². The van der Waals surface area contributed by atoms with Crippen molar-refractivity contribution in [3.63, 3.8) is 0 Å². The molecule has 640 valence electrons. The molecule has 17 rings (SSSR count). The van der Waals surface area contributed by atoms with Crippen LogP contribution < -0.4 is 85.1 Å². The number of benzene rings is 8. The maximum atomic E-state index is 18.1. The summed E-state index contributed by atoms with van der Waals surface area (Å²) < 4.78 is 140. The second-order valence-electron chi connectivity index (χ2n) is 36.8. The molecule has 5 heterocycles. The molecule has 16 nitrogen and oxygen atoms in total. The quantitative estimate of drug-likeness (QED) is 0.0408. The van der Waals surface area contributed by atoms with Crippen LogP contribution in [0.3, 0.4) is 0 Å². The van der Waals surface area contributed by atoms with Gasteiger partial charge in [-0.05, 0) is 200 Å². The van der Waals surface area contributed by atoms with Gasteiger partial charge < -0.3 is 42.5 Å². The van der Waals surface area contributed by atoms with Crippen LogP contribution in [0.1, 0.15) is 89.0 Å². The lowest BCUT2D eigenvalue weighted by molar-refractivity contribution is -0.0871. The van der Waals surface area contributed by atoms with Crippen molar-refractivity contribution in [3.8, 4) is 0 Å². The number of hydrogen-bond acceptors (Lipinski definition) is 16. The summed E-state index contributed by atoms with van der Waals surface area (Å²) in [6.45, 7) is 33.7. The van der Waals surface area contributed by atoms with Crippen LogP contribution >= 0.6 is 0 Å².